The lowest BCUT2D eigenvalue weighted by atomic mass is 9.80. The summed E-state index contributed by atoms with van der Waals surface area (Å²) >= 11 is 0. The molecule has 17 heavy (non-hydrogen) atoms. The normalized spacial score (nSPS) is 17.3. The van der Waals surface area contributed by atoms with Crippen LogP contribution in [0.1, 0.15) is 36.5 Å². The third-order valence-electron chi connectivity index (χ3n) is 3.43. The zero-order valence-electron chi connectivity index (χ0n) is 9.74. The van der Waals surface area contributed by atoms with Gasteiger partial charge in [0, 0.05) is 6.04 Å². The van der Waals surface area contributed by atoms with Crippen molar-refractivity contribution in [2.45, 2.75) is 32.2 Å². The Morgan fingerprint density at radius 1 is 1.53 bits per heavy atom. The van der Waals surface area contributed by atoms with Gasteiger partial charge in [-0.2, -0.15) is 0 Å². The molecule has 4 heteroatoms. The molecule has 0 radical (unpaired) electrons. The molecule has 1 aromatic carbocycles. The van der Waals surface area contributed by atoms with E-state index in [9.17, 15) is 14.3 Å². The smallest absolute Gasteiger partial charge is 0.258 e. The average molecular weight is 237 g/mol. The van der Waals surface area contributed by atoms with Gasteiger partial charge in [-0.25, -0.2) is 4.39 Å². The summed E-state index contributed by atoms with van der Waals surface area (Å²) in [7, 11) is 0. The van der Waals surface area contributed by atoms with Crippen molar-refractivity contribution in [2.75, 3.05) is 0 Å². The molecule has 1 fully saturated rings. The fourth-order valence-corrected chi connectivity index (χ4v) is 2.07. The van der Waals surface area contributed by atoms with Crippen LogP contribution in [-0.4, -0.2) is 17.1 Å². The quantitative estimate of drug-likeness (QED) is 0.848. The van der Waals surface area contributed by atoms with E-state index in [1.807, 2.05) is 6.92 Å². The number of carbonyl (C=O) groups excluding carboxylic acids is 1. The minimum atomic E-state index is -0.691. The summed E-state index contributed by atoms with van der Waals surface area (Å²) in [6.45, 7) is 1.92. The summed E-state index contributed by atoms with van der Waals surface area (Å²) in [5, 5.41) is 12.2. The Hall–Kier alpha value is -1.58. The highest BCUT2D eigenvalue weighted by Crippen LogP contribution is 2.29. The molecule has 0 aliphatic heterocycles. The molecule has 0 bridgehead atoms. The first kappa shape index (κ1) is 11.9. The van der Waals surface area contributed by atoms with Gasteiger partial charge in [-0.15, -0.1) is 0 Å². The molecule has 3 nitrogen and oxygen atoms in total. The van der Waals surface area contributed by atoms with Gasteiger partial charge in [-0.1, -0.05) is 12.5 Å². The summed E-state index contributed by atoms with van der Waals surface area (Å²) in [6, 6.07) is 3.88. The summed E-state index contributed by atoms with van der Waals surface area (Å²) in [4.78, 5) is 11.8. The number of rotatable bonds is 3. The minimum Gasteiger partial charge on any atom is -0.507 e. The first-order chi connectivity index (χ1) is 8.09. The van der Waals surface area contributed by atoms with Crippen LogP contribution in [0.5, 0.6) is 5.75 Å². The van der Waals surface area contributed by atoms with E-state index < -0.39 is 11.7 Å². The van der Waals surface area contributed by atoms with Crippen molar-refractivity contribution in [3.05, 3.63) is 29.6 Å². The van der Waals surface area contributed by atoms with Crippen LogP contribution >= 0.6 is 0 Å². The van der Waals surface area contributed by atoms with E-state index in [0.717, 1.165) is 12.8 Å². The maximum absolute atomic E-state index is 13.4. The topological polar surface area (TPSA) is 49.3 Å². The number of phenolic OH excluding ortho intramolecular Hbond substituents is 1. The van der Waals surface area contributed by atoms with Gasteiger partial charge in [0.1, 0.15) is 17.1 Å². The number of carbonyl (C=O) groups is 1. The Morgan fingerprint density at radius 2 is 2.24 bits per heavy atom. The molecule has 2 N–H and O–H groups in total. The number of hydrogen-bond donors (Lipinski definition) is 2. The molecule has 1 saturated carbocycles. The number of benzene rings is 1. The van der Waals surface area contributed by atoms with Crippen molar-refractivity contribution in [1.29, 1.82) is 0 Å². The number of nitrogens with one attached hydrogen (secondary N) is 1. The Bertz CT molecular complexity index is 409. The van der Waals surface area contributed by atoms with Gasteiger partial charge in [-0.3, -0.25) is 4.79 Å². The first-order valence-electron chi connectivity index (χ1n) is 5.88. The zero-order chi connectivity index (χ0) is 12.4. The maximum atomic E-state index is 13.4. The maximum Gasteiger partial charge on any atom is 0.258 e. The number of phenols is 1. The van der Waals surface area contributed by atoms with Crippen LogP contribution in [0.3, 0.4) is 0 Å². The van der Waals surface area contributed by atoms with Crippen LogP contribution in [0.2, 0.25) is 0 Å². The fourth-order valence-electron chi connectivity index (χ4n) is 2.07. The molecule has 1 aliphatic rings. The molecule has 1 atom stereocenters. The van der Waals surface area contributed by atoms with Gasteiger partial charge in [0.15, 0.2) is 0 Å². The van der Waals surface area contributed by atoms with Gasteiger partial charge in [0.2, 0.25) is 0 Å². The summed E-state index contributed by atoms with van der Waals surface area (Å²) in [6.07, 6.45) is 3.39. The molecule has 1 aliphatic carbocycles. The van der Waals surface area contributed by atoms with Crippen molar-refractivity contribution in [2.24, 2.45) is 5.92 Å². The van der Waals surface area contributed by atoms with Gasteiger partial charge >= 0.3 is 0 Å². The molecular weight excluding hydrogens is 221 g/mol. The Labute approximate surface area is 99.7 Å². The molecule has 1 unspecified atom stereocenters. The Balaban J connectivity index is 2.08. The molecule has 2 rings (SSSR count). The highest BCUT2D eigenvalue weighted by atomic mass is 19.1. The molecule has 1 amide bonds. The van der Waals surface area contributed by atoms with Crippen molar-refractivity contribution in [1.82, 2.24) is 5.32 Å². The van der Waals surface area contributed by atoms with Crippen molar-refractivity contribution < 1.29 is 14.3 Å². The average Bonchev–Trinajstić information content (AvgIpc) is 2.13. The standard InChI is InChI=1S/C13H16FNO2/c1-8(9-4-2-5-9)15-13(17)12-10(14)6-3-7-11(12)16/h3,6-9,16H,2,4-5H2,1H3,(H,15,17). The van der Waals surface area contributed by atoms with E-state index in [-0.39, 0.29) is 17.4 Å². The Kier molecular flexibility index (Phi) is 3.31. The van der Waals surface area contributed by atoms with Crippen LogP contribution < -0.4 is 5.32 Å². The SMILES string of the molecule is CC(NC(=O)c1c(O)cccc1F)C1CCC1. The van der Waals surface area contributed by atoms with Crippen molar-refractivity contribution >= 4 is 5.91 Å². The molecule has 92 valence electrons. The lowest BCUT2D eigenvalue weighted by molar-refractivity contribution is 0.0902. The number of amides is 1. The zero-order valence-corrected chi connectivity index (χ0v) is 9.74. The van der Waals surface area contributed by atoms with E-state index >= 15 is 0 Å². The van der Waals surface area contributed by atoms with E-state index in [1.165, 1.54) is 24.6 Å². The number of halogens is 1. The summed E-state index contributed by atoms with van der Waals surface area (Å²) in [5.41, 5.74) is -0.265. The van der Waals surface area contributed by atoms with E-state index in [2.05, 4.69) is 5.32 Å². The van der Waals surface area contributed by atoms with E-state index in [1.54, 1.807) is 0 Å². The largest absolute Gasteiger partial charge is 0.507 e. The lowest BCUT2D eigenvalue weighted by Crippen LogP contribution is -2.41. The van der Waals surface area contributed by atoms with Crippen LogP contribution in [0.4, 0.5) is 4.39 Å². The Morgan fingerprint density at radius 3 is 2.76 bits per heavy atom. The second-order valence-electron chi connectivity index (χ2n) is 4.59. The first-order valence-corrected chi connectivity index (χ1v) is 5.88. The van der Waals surface area contributed by atoms with Gasteiger partial charge < -0.3 is 10.4 Å². The second kappa shape index (κ2) is 4.73. The molecular formula is C13H16FNO2. The van der Waals surface area contributed by atoms with Crippen LogP contribution in [0.25, 0.3) is 0 Å². The number of aromatic hydroxyl groups is 1. The highest BCUT2D eigenvalue weighted by molar-refractivity contribution is 5.97. The number of hydrogen-bond acceptors (Lipinski definition) is 2. The predicted molar refractivity (Wildman–Crippen MR) is 62.3 cm³/mol. The summed E-state index contributed by atoms with van der Waals surface area (Å²) < 4.78 is 13.4. The van der Waals surface area contributed by atoms with Crippen LogP contribution in [0.15, 0.2) is 18.2 Å². The molecule has 1 aromatic rings. The molecule has 0 heterocycles. The van der Waals surface area contributed by atoms with Gasteiger partial charge in [0.05, 0.1) is 0 Å². The van der Waals surface area contributed by atoms with Crippen molar-refractivity contribution in [3.63, 3.8) is 0 Å². The molecule has 0 aromatic heterocycles. The third kappa shape index (κ3) is 2.40. The highest BCUT2D eigenvalue weighted by Gasteiger charge is 2.26. The second-order valence-corrected chi connectivity index (χ2v) is 4.59. The molecule has 0 spiro atoms. The van der Waals surface area contributed by atoms with Crippen LogP contribution in [-0.2, 0) is 0 Å². The minimum absolute atomic E-state index is 0.0234. The third-order valence-corrected chi connectivity index (χ3v) is 3.43. The fraction of sp³-hybridized carbons (Fsp3) is 0.462. The van der Waals surface area contributed by atoms with Crippen LogP contribution in [0, 0.1) is 11.7 Å². The monoisotopic (exact) mass is 237 g/mol. The lowest BCUT2D eigenvalue weighted by Gasteiger charge is -2.31. The van der Waals surface area contributed by atoms with Gasteiger partial charge in [-0.05, 0) is 37.8 Å². The van der Waals surface area contributed by atoms with Gasteiger partial charge in [0.25, 0.3) is 5.91 Å². The van der Waals surface area contributed by atoms with E-state index in [4.69, 9.17) is 0 Å². The molecule has 0 saturated heterocycles. The van der Waals surface area contributed by atoms with Crippen molar-refractivity contribution in [3.8, 4) is 5.75 Å². The van der Waals surface area contributed by atoms with E-state index in [0.29, 0.717) is 5.92 Å². The predicted octanol–water partition coefficient (Wildman–Crippen LogP) is 2.45. The summed E-state index contributed by atoms with van der Waals surface area (Å²) in [5.74, 6) is -1.07.